The van der Waals surface area contributed by atoms with Crippen LogP contribution in [0.5, 0.6) is 0 Å². The Kier molecular flexibility index (Phi) is 4.54. The molecule has 2 nitrogen and oxygen atoms in total. The van der Waals surface area contributed by atoms with Crippen LogP contribution in [0.4, 0.5) is 0 Å². The Labute approximate surface area is 119 Å². The van der Waals surface area contributed by atoms with Gasteiger partial charge in [0.15, 0.2) is 5.78 Å². The lowest BCUT2D eigenvalue weighted by molar-refractivity contribution is -0.122. The van der Waals surface area contributed by atoms with Crippen molar-refractivity contribution in [3.8, 4) is 0 Å². The van der Waals surface area contributed by atoms with Crippen molar-refractivity contribution in [2.45, 2.75) is 61.3 Å². The molecule has 1 aliphatic heterocycles. The minimum Gasteiger partial charge on any atom is -0.376 e. The van der Waals surface area contributed by atoms with Crippen LogP contribution in [0, 0.1) is 16.7 Å². The van der Waals surface area contributed by atoms with Crippen LogP contribution in [0.2, 0.25) is 0 Å². The van der Waals surface area contributed by atoms with Crippen molar-refractivity contribution in [2.24, 2.45) is 16.7 Å². The van der Waals surface area contributed by atoms with E-state index in [0.717, 1.165) is 25.0 Å². The molecule has 1 aliphatic rings. The smallest absolute Gasteiger partial charge is 0.165 e. The van der Waals surface area contributed by atoms with Gasteiger partial charge in [0.25, 0.3) is 0 Å². The number of Topliss-reactive ketones (excluding diaryl/α,β-unsaturated/α-hetero) is 1. The van der Waals surface area contributed by atoms with E-state index < -0.39 is 0 Å². The highest BCUT2D eigenvalue weighted by Crippen LogP contribution is 2.42. The van der Waals surface area contributed by atoms with E-state index in [0.29, 0.717) is 5.78 Å². The first-order valence-electron chi connectivity index (χ1n) is 7.50. The first-order valence-corrected chi connectivity index (χ1v) is 7.50. The predicted octanol–water partition coefficient (Wildman–Crippen LogP) is 4.26. The van der Waals surface area contributed by atoms with Gasteiger partial charge in [-0.3, -0.25) is 4.79 Å². The number of rotatable bonds is 2. The molecule has 0 spiro atoms. The highest BCUT2D eigenvalue weighted by Gasteiger charge is 2.40. The summed E-state index contributed by atoms with van der Waals surface area (Å²) in [5, 5.41) is 0. The van der Waals surface area contributed by atoms with Gasteiger partial charge >= 0.3 is 0 Å². The van der Waals surface area contributed by atoms with Crippen LogP contribution >= 0.6 is 0 Å². The summed E-state index contributed by atoms with van der Waals surface area (Å²) in [5.74, 6) is 0.563. The zero-order valence-electron chi connectivity index (χ0n) is 14.1. The van der Waals surface area contributed by atoms with E-state index in [1.165, 1.54) is 5.70 Å². The molecule has 1 heterocycles. The fourth-order valence-corrected chi connectivity index (χ4v) is 3.26. The van der Waals surface area contributed by atoms with Gasteiger partial charge in [-0.2, -0.15) is 0 Å². The molecular weight excluding hydrogens is 234 g/mol. The minimum absolute atomic E-state index is 0.0181. The molecule has 0 fully saturated rings. The van der Waals surface area contributed by atoms with Crippen LogP contribution < -0.4 is 0 Å². The second-order valence-electron chi connectivity index (χ2n) is 7.95. The van der Waals surface area contributed by atoms with Crippen molar-refractivity contribution in [3.63, 3.8) is 0 Å². The third-order valence-electron chi connectivity index (χ3n) is 3.83. The van der Waals surface area contributed by atoms with E-state index in [4.69, 9.17) is 0 Å². The third-order valence-corrected chi connectivity index (χ3v) is 3.83. The lowest BCUT2D eigenvalue weighted by atomic mass is 9.71. The number of nitrogens with zero attached hydrogens (tertiary/aromatic N) is 1. The van der Waals surface area contributed by atoms with Gasteiger partial charge in [-0.25, -0.2) is 0 Å². The number of ketones is 1. The second-order valence-corrected chi connectivity index (χ2v) is 7.95. The molecule has 2 heteroatoms. The standard InChI is InChI=1S/C17H31NO/c1-9-10-12-11-18(8)15(17(5,6)7)13(14(12)19)16(2,3)4/h12H,9-11H2,1-8H3. The summed E-state index contributed by atoms with van der Waals surface area (Å²) in [6.07, 6.45) is 2.08. The van der Waals surface area contributed by atoms with Crippen molar-refractivity contribution < 1.29 is 4.79 Å². The Balaban J connectivity index is 3.40. The van der Waals surface area contributed by atoms with Crippen LogP contribution in [-0.2, 0) is 4.79 Å². The third kappa shape index (κ3) is 3.40. The molecule has 0 aromatic rings. The lowest BCUT2D eigenvalue weighted by Crippen LogP contribution is -2.44. The van der Waals surface area contributed by atoms with Crippen LogP contribution in [0.3, 0.4) is 0 Å². The van der Waals surface area contributed by atoms with Crippen molar-refractivity contribution in [3.05, 3.63) is 11.3 Å². The van der Waals surface area contributed by atoms with E-state index in [1.54, 1.807) is 0 Å². The summed E-state index contributed by atoms with van der Waals surface area (Å²) in [5.41, 5.74) is 2.22. The summed E-state index contributed by atoms with van der Waals surface area (Å²) in [7, 11) is 2.14. The van der Waals surface area contributed by atoms with Crippen molar-refractivity contribution >= 4 is 5.78 Å². The van der Waals surface area contributed by atoms with E-state index in [1.807, 2.05) is 0 Å². The van der Waals surface area contributed by atoms with Gasteiger partial charge in [0.05, 0.1) is 0 Å². The molecular formula is C17H31NO. The zero-order chi connectivity index (χ0) is 15.0. The van der Waals surface area contributed by atoms with Crippen molar-refractivity contribution in [1.29, 1.82) is 0 Å². The molecule has 1 atom stereocenters. The summed E-state index contributed by atoms with van der Waals surface area (Å²) >= 11 is 0. The Morgan fingerprint density at radius 2 is 1.63 bits per heavy atom. The second kappa shape index (κ2) is 5.30. The molecule has 0 aromatic heterocycles. The fraction of sp³-hybridized carbons (Fsp3) is 0.824. The lowest BCUT2D eigenvalue weighted by Gasteiger charge is -2.44. The maximum Gasteiger partial charge on any atom is 0.165 e. The average Bonchev–Trinajstić information content (AvgIpc) is 2.19. The number of hydrogen-bond acceptors (Lipinski definition) is 2. The molecule has 19 heavy (non-hydrogen) atoms. The van der Waals surface area contributed by atoms with Crippen LogP contribution in [0.1, 0.15) is 61.3 Å². The van der Waals surface area contributed by atoms with E-state index in [-0.39, 0.29) is 16.7 Å². The molecule has 0 saturated carbocycles. The maximum absolute atomic E-state index is 12.9. The Morgan fingerprint density at radius 1 is 1.11 bits per heavy atom. The highest BCUT2D eigenvalue weighted by molar-refractivity contribution is 6.00. The average molecular weight is 265 g/mol. The van der Waals surface area contributed by atoms with Gasteiger partial charge in [-0.15, -0.1) is 0 Å². The molecule has 0 N–H and O–H groups in total. The molecule has 0 saturated heterocycles. The van der Waals surface area contributed by atoms with Gasteiger partial charge in [0.2, 0.25) is 0 Å². The minimum atomic E-state index is -0.0830. The molecule has 1 rings (SSSR count). The van der Waals surface area contributed by atoms with Gasteiger partial charge in [-0.1, -0.05) is 54.9 Å². The van der Waals surface area contributed by atoms with Gasteiger partial charge in [0, 0.05) is 36.2 Å². The van der Waals surface area contributed by atoms with Crippen molar-refractivity contribution in [1.82, 2.24) is 4.90 Å². The van der Waals surface area contributed by atoms with Crippen LogP contribution in [-0.4, -0.2) is 24.3 Å². The van der Waals surface area contributed by atoms with E-state index in [2.05, 4.69) is 60.4 Å². The first kappa shape index (κ1) is 16.3. The van der Waals surface area contributed by atoms with Gasteiger partial charge in [-0.05, 0) is 11.8 Å². The summed E-state index contributed by atoms with van der Waals surface area (Å²) in [6.45, 7) is 16.1. The molecule has 0 radical (unpaired) electrons. The fourth-order valence-electron chi connectivity index (χ4n) is 3.26. The Morgan fingerprint density at radius 3 is 2.00 bits per heavy atom. The predicted molar refractivity (Wildman–Crippen MR) is 82.0 cm³/mol. The molecule has 0 aliphatic carbocycles. The molecule has 0 aromatic carbocycles. The quantitative estimate of drug-likeness (QED) is 0.743. The van der Waals surface area contributed by atoms with E-state index >= 15 is 0 Å². The molecule has 110 valence electrons. The van der Waals surface area contributed by atoms with Gasteiger partial charge in [0.1, 0.15) is 0 Å². The van der Waals surface area contributed by atoms with Crippen LogP contribution in [0.15, 0.2) is 11.3 Å². The highest BCUT2D eigenvalue weighted by atomic mass is 16.1. The van der Waals surface area contributed by atoms with Crippen molar-refractivity contribution in [2.75, 3.05) is 13.6 Å². The number of carbonyl (C=O) groups is 1. The number of carbonyl (C=O) groups excluding carboxylic acids is 1. The molecule has 0 amide bonds. The molecule has 1 unspecified atom stereocenters. The topological polar surface area (TPSA) is 20.3 Å². The summed E-state index contributed by atoms with van der Waals surface area (Å²) < 4.78 is 0. The monoisotopic (exact) mass is 265 g/mol. The molecule has 0 bridgehead atoms. The Hall–Kier alpha value is -0.790. The van der Waals surface area contributed by atoms with E-state index in [9.17, 15) is 4.79 Å². The summed E-state index contributed by atoms with van der Waals surface area (Å²) in [6, 6.07) is 0. The number of allylic oxidation sites excluding steroid dienone is 2. The normalized spacial score (nSPS) is 22.2. The first-order chi connectivity index (χ1) is 8.50. The Bertz CT molecular complexity index is 379. The number of hydrogen-bond donors (Lipinski definition) is 0. The zero-order valence-corrected chi connectivity index (χ0v) is 14.1. The maximum atomic E-state index is 12.9. The largest absolute Gasteiger partial charge is 0.376 e. The SMILES string of the molecule is CCCC1CN(C)C(C(C)(C)C)=C(C(C)(C)C)C1=O. The summed E-state index contributed by atoms with van der Waals surface area (Å²) in [4.78, 5) is 15.2. The van der Waals surface area contributed by atoms with Gasteiger partial charge < -0.3 is 4.90 Å². The van der Waals surface area contributed by atoms with Crippen LogP contribution in [0.25, 0.3) is 0 Å².